The van der Waals surface area contributed by atoms with Crippen molar-refractivity contribution in [2.75, 3.05) is 13.2 Å². The van der Waals surface area contributed by atoms with E-state index in [2.05, 4.69) is 0 Å². The summed E-state index contributed by atoms with van der Waals surface area (Å²) in [5.41, 5.74) is 0.832. The molecule has 1 aromatic carbocycles. The number of rotatable bonds is 5. The maximum atomic E-state index is 12.8. The van der Waals surface area contributed by atoms with E-state index in [4.69, 9.17) is 9.84 Å². The Hall–Kier alpha value is -1.95. The van der Waals surface area contributed by atoms with Crippen molar-refractivity contribution in [2.24, 2.45) is 0 Å². The second-order valence-electron chi connectivity index (χ2n) is 4.77. The molecule has 1 aliphatic rings. The summed E-state index contributed by atoms with van der Waals surface area (Å²) >= 11 is 0. The Morgan fingerprint density at radius 2 is 2.10 bits per heavy atom. The van der Waals surface area contributed by atoms with Crippen LogP contribution in [0.2, 0.25) is 0 Å². The molecular formula is C14H16FNO4. The summed E-state index contributed by atoms with van der Waals surface area (Å²) in [6.07, 6.45) is 0.135. The highest BCUT2D eigenvalue weighted by atomic mass is 19.1. The number of halogens is 1. The number of carbonyl (C=O) groups is 2. The summed E-state index contributed by atoms with van der Waals surface area (Å²) in [6, 6.07) is 5.96. The van der Waals surface area contributed by atoms with Crippen LogP contribution in [-0.4, -0.2) is 41.1 Å². The number of amides is 1. The summed E-state index contributed by atoms with van der Waals surface area (Å²) in [5.74, 6) is -1.34. The molecule has 6 heteroatoms. The number of hydrogen-bond donors (Lipinski definition) is 1. The van der Waals surface area contributed by atoms with Gasteiger partial charge in [-0.1, -0.05) is 12.1 Å². The summed E-state index contributed by atoms with van der Waals surface area (Å²) in [5, 5.41) is 8.65. The van der Waals surface area contributed by atoms with E-state index in [9.17, 15) is 14.0 Å². The average molecular weight is 281 g/mol. The molecule has 1 atom stereocenters. The maximum absolute atomic E-state index is 12.8. The van der Waals surface area contributed by atoms with Gasteiger partial charge < -0.3 is 14.7 Å². The lowest BCUT2D eigenvalue weighted by atomic mass is 10.1. The summed E-state index contributed by atoms with van der Waals surface area (Å²) < 4.78 is 18.1. The highest BCUT2D eigenvalue weighted by Crippen LogP contribution is 2.15. The highest BCUT2D eigenvalue weighted by molar-refractivity contribution is 5.78. The zero-order chi connectivity index (χ0) is 14.5. The molecule has 1 aromatic rings. The van der Waals surface area contributed by atoms with Crippen molar-refractivity contribution in [3.05, 3.63) is 35.6 Å². The van der Waals surface area contributed by atoms with Gasteiger partial charge in [-0.15, -0.1) is 0 Å². The average Bonchev–Trinajstić information content (AvgIpc) is 2.42. The lowest BCUT2D eigenvalue weighted by Crippen LogP contribution is -2.46. The number of morpholine rings is 1. The molecule has 1 fully saturated rings. The first-order valence-electron chi connectivity index (χ1n) is 6.40. The number of ether oxygens (including phenoxy) is 1. The van der Waals surface area contributed by atoms with Gasteiger partial charge in [-0.25, -0.2) is 4.39 Å². The third-order valence-corrected chi connectivity index (χ3v) is 3.19. The second-order valence-corrected chi connectivity index (χ2v) is 4.77. The molecule has 1 unspecified atom stereocenters. The van der Waals surface area contributed by atoms with Gasteiger partial charge in [0.25, 0.3) is 0 Å². The Balaban J connectivity index is 1.93. The molecule has 108 valence electrons. The Bertz CT molecular complexity index is 488. The fourth-order valence-corrected chi connectivity index (χ4v) is 2.10. The molecule has 1 saturated heterocycles. The van der Waals surface area contributed by atoms with Gasteiger partial charge >= 0.3 is 5.97 Å². The van der Waals surface area contributed by atoms with Gasteiger partial charge in [0.2, 0.25) is 5.91 Å². The van der Waals surface area contributed by atoms with Crippen LogP contribution in [0.3, 0.4) is 0 Å². The first-order valence-corrected chi connectivity index (χ1v) is 6.40. The van der Waals surface area contributed by atoms with Crippen LogP contribution < -0.4 is 0 Å². The minimum atomic E-state index is -0.879. The van der Waals surface area contributed by atoms with Gasteiger partial charge in [0.05, 0.1) is 6.10 Å². The van der Waals surface area contributed by atoms with Crippen molar-refractivity contribution in [2.45, 2.75) is 25.5 Å². The van der Waals surface area contributed by atoms with Crippen LogP contribution in [0.25, 0.3) is 0 Å². The molecular weight excluding hydrogens is 265 g/mol. The van der Waals surface area contributed by atoms with Crippen molar-refractivity contribution in [3.63, 3.8) is 0 Å². The van der Waals surface area contributed by atoms with Gasteiger partial charge in [-0.05, 0) is 24.1 Å². The van der Waals surface area contributed by atoms with E-state index in [0.717, 1.165) is 5.56 Å². The summed E-state index contributed by atoms with van der Waals surface area (Å²) in [7, 11) is 0. The minimum Gasteiger partial charge on any atom is -0.481 e. The Morgan fingerprint density at radius 1 is 1.40 bits per heavy atom. The molecule has 0 saturated carbocycles. The number of carboxylic acid groups (broad SMARTS) is 1. The van der Waals surface area contributed by atoms with Gasteiger partial charge in [0.1, 0.15) is 12.4 Å². The number of nitrogens with zero attached hydrogens (tertiary/aromatic N) is 1. The van der Waals surface area contributed by atoms with Crippen molar-refractivity contribution in [1.82, 2.24) is 4.90 Å². The van der Waals surface area contributed by atoms with Gasteiger partial charge in [-0.3, -0.25) is 9.59 Å². The zero-order valence-corrected chi connectivity index (χ0v) is 10.9. The van der Waals surface area contributed by atoms with Crippen molar-refractivity contribution in [3.8, 4) is 0 Å². The number of aliphatic carboxylic acids is 1. The van der Waals surface area contributed by atoms with Crippen LogP contribution in [0.4, 0.5) is 4.39 Å². The van der Waals surface area contributed by atoms with E-state index in [0.29, 0.717) is 19.5 Å². The van der Waals surface area contributed by atoms with Gasteiger partial charge in [-0.2, -0.15) is 0 Å². The predicted molar refractivity (Wildman–Crippen MR) is 68.4 cm³/mol. The quantitative estimate of drug-likeness (QED) is 0.886. The third-order valence-electron chi connectivity index (χ3n) is 3.19. The van der Waals surface area contributed by atoms with Crippen molar-refractivity contribution < 1.29 is 23.8 Å². The normalized spacial score (nSPS) is 19.1. The van der Waals surface area contributed by atoms with Crippen LogP contribution in [0.1, 0.15) is 18.4 Å². The zero-order valence-electron chi connectivity index (χ0n) is 10.9. The Kier molecular flexibility index (Phi) is 4.68. The Morgan fingerprint density at radius 3 is 2.75 bits per heavy atom. The predicted octanol–water partition coefficient (Wildman–Crippen LogP) is 1.42. The van der Waals surface area contributed by atoms with E-state index in [1.165, 1.54) is 12.1 Å². The topological polar surface area (TPSA) is 66.8 Å². The molecule has 0 aromatic heterocycles. The van der Waals surface area contributed by atoms with Gasteiger partial charge in [0, 0.05) is 19.5 Å². The maximum Gasteiger partial charge on any atom is 0.303 e. The number of benzene rings is 1. The molecule has 0 radical (unpaired) electrons. The van der Waals surface area contributed by atoms with Crippen LogP contribution >= 0.6 is 0 Å². The third kappa shape index (κ3) is 4.03. The highest BCUT2D eigenvalue weighted by Gasteiger charge is 2.26. The molecule has 1 heterocycles. The number of hydrogen-bond acceptors (Lipinski definition) is 3. The smallest absolute Gasteiger partial charge is 0.303 e. The van der Waals surface area contributed by atoms with Gasteiger partial charge in [0.15, 0.2) is 0 Å². The molecule has 1 N–H and O–H groups in total. The number of carbonyl (C=O) groups excluding carboxylic acids is 1. The lowest BCUT2D eigenvalue weighted by molar-refractivity contribution is -0.150. The van der Waals surface area contributed by atoms with Crippen molar-refractivity contribution in [1.29, 1.82) is 0 Å². The molecule has 0 spiro atoms. The molecule has 0 aliphatic carbocycles. The molecule has 0 bridgehead atoms. The monoisotopic (exact) mass is 281 g/mol. The van der Waals surface area contributed by atoms with Crippen LogP contribution in [-0.2, 0) is 20.9 Å². The van der Waals surface area contributed by atoms with Crippen LogP contribution in [0.5, 0.6) is 0 Å². The molecule has 1 amide bonds. The van der Waals surface area contributed by atoms with E-state index in [1.807, 2.05) is 0 Å². The van der Waals surface area contributed by atoms with E-state index in [1.54, 1.807) is 17.0 Å². The first kappa shape index (κ1) is 14.5. The van der Waals surface area contributed by atoms with E-state index < -0.39 is 5.97 Å². The summed E-state index contributed by atoms with van der Waals surface area (Å²) in [6.45, 7) is 0.709. The fraction of sp³-hybridized carbons (Fsp3) is 0.429. The summed E-state index contributed by atoms with van der Waals surface area (Å²) in [4.78, 5) is 23.9. The van der Waals surface area contributed by atoms with Crippen LogP contribution in [0, 0.1) is 5.82 Å². The Labute approximate surface area is 116 Å². The lowest BCUT2D eigenvalue weighted by Gasteiger charge is -2.32. The first-order chi connectivity index (χ1) is 9.54. The van der Waals surface area contributed by atoms with Crippen LogP contribution in [0.15, 0.2) is 24.3 Å². The second kappa shape index (κ2) is 6.47. The molecule has 5 nitrogen and oxygen atoms in total. The standard InChI is InChI=1S/C14H16FNO4/c15-11-3-1-10(2-4-11)7-16-8-12(5-6-14(18)19)20-9-13(16)17/h1-4,12H,5-9H2,(H,18,19). The fourth-order valence-electron chi connectivity index (χ4n) is 2.10. The van der Waals surface area contributed by atoms with E-state index >= 15 is 0 Å². The SMILES string of the molecule is O=C(O)CCC1CN(Cc2ccc(F)cc2)C(=O)CO1. The van der Waals surface area contributed by atoms with E-state index in [-0.39, 0.29) is 30.9 Å². The minimum absolute atomic E-state index is 0.0171. The largest absolute Gasteiger partial charge is 0.481 e. The van der Waals surface area contributed by atoms with Crippen molar-refractivity contribution >= 4 is 11.9 Å². The molecule has 1 aliphatic heterocycles. The number of carboxylic acids is 1. The molecule has 20 heavy (non-hydrogen) atoms. The molecule has 2 rings (SSSR count).